The lowest BCUT2D eigenvalue weighted by Gasteiger charge is -2.32. The Hall–Kier alpha value is -3.18. The van der Waals surface area contributed by atoms with Crippen LogP contribution in [0, 0.1) is 5.92 Å². The van der Waals surface area contributed by atoms with Gasteiger partial charge in [-0.1, -0.05) is 13.8 Å². The fourth-order valence-electron chi connectivity index (χ4n) is 5.03. The number of hydrogen-bond acceptors (Lipinski definition) is 7. The molecule has 2 aliphatic rings. The summed E-state index contributed by atoms with van der Waals surface area (Å²) < 4.78 is 34.1. The van der Waals surface area contributed by atoms with Gasteiger partial charge >= 0.3 is 0 Å². The topological polar surface area (TPSA) is 95.1 Å². The molecule has 39 heavy (non-hydrogen) atoms. The number of nitrogens with zero attached hydrogens (tertiary/aromatic N) is 4. The van der Waals surface area contributed by atoms with E-state index < -0.39 is 55.0 Å². The van der Waals surface area contributed by atoms with Gasteiger partial charge in [0.25, 0.3) is 11.8 Å². The van der Waals surface area contributed by atoms with Crippen LogP contribution in [0.25, 0.3) is 10.9 Å². The Bertz CT molecular complexity index is 1200. The molecule has 11 heteroatoms. The predicted molar refractivity (Wildman–Crippen MR) is 143 cm³/mol. The van der Waals surface area contributed by atoms with Crippen LogP contribution in [0.1, 0.15) is 37.0 Å². The van der Waals surface area contributed by atoms with Crippen LogP contribution in [-0.4, -0.2) is 109 Å². The molecule has 2 fully saturated rings. The largest absolute Gasteiger partial charge is 0.494 e. The second-order valence-electron chi connectivity index (χ2n) is 10.7. The maximum atomic E-state index is 14.1. The molecule has 0 bridgehead atoms. The van der Waals surface area contributed by atoms with Gasteiger partial charge in [0, 0.05) is 56.6 Å². The maximum absolute atomic E-state index is 14.1. The smallest absolute Gasteiger partial charge is 0.267 e. The quantitative estimate of drug-likeness (QED) is 0.459. The molecule has 2 aromatic rings. The Morgan fingerprint density at radius 2 is 1.90 bits per heavy atom. The summed E-state index contributed by atoms with van der Waals surface area (Å²) in [4.78, 5) is 48.2. The van der Waals surface area contributed by atoms with Crippen molar-refractivity contribution >= 4 is 28.5 Å². The third-order valence-corrected chi connectivity index (χ3v) is 7.33. The maximum Gasteiger partial charge on any atom is 0.267 e. The molecule has 1 atom stereocenters. The average Bonchev–Trinajstić information content (AvgIpc) is 3.24. The van der Waals surface area contributed by atoms with Gasteiger partial charge in [0.15, 0.2) is 5.78 Å². The summed E-state index contributed by atoms with van der Waals surface area (Å²) in [5.74, 6) is -4.70. The number of nitrogens with one attached hydrogen (secondary N) is 1. The first-order chi connectivity index (χ1) is 18.5. The summed E-state index contributed by atoms with van der Waals surface area (Å²) in [6.45, 7) is 7.62. The number of hydrogen-bond donors (Lipinski definition) is 1. The fourth-order valence-corrected chi connectivity index (χ4v) is 5.03. The molecule has 3 heterocycles. The van der Waals surface area contributed by atoms with Gasteiger partial charge in [-0.05, 0) is 37.7 Å². The van der Waals surface area contributed by atoms with Crippen LogP contribution >= 0.6 is 0 Å². The molecule has 0 aliphatic carbocycles. The number of halogens is 2. The van der Waals surface area contributed by atoms with Crippen LogP contribution in [0.3, 0.4) is 0 Å². The number of rotatable bonds is 10. The van der Waals surface area contributed by atoms with E-state index in [1.807, 2.05) is 0 Å². The number of aromatic nitrogens is 1. The summed E-state index contributed by atoms with van der Waals surface area (Å²) in [6, 6.07) is 5.65. The lowest BCUT2D eigenvalue weighted by molar-refractivity contribution is -0.138. The number of carbonyl (C=O) groups is 3. The first-order valence-corrected chi connectivity index (χ1v) is 13.5. The minimum absolute atomic E-state index is 0.289. The number of ether oxygens (including phenoxy) is 1. The van der Waals surface area contributed by atoms with Gasteiger partial charge in [0.05, 0.1) is 36.8 Å². The van der Waals surface area contributed by atoms with Crippen LogP contribution < -0.4 is 10.1 Å². The van der Waals surface area contributed by atoms with E-state index in [2.05, 4.69) is 27.1 Å². The van der Waals surface area contributed by atoms with E-state index in [4.69, 9.17) is 4.74 Å². The Kier molecular flexibility index (Phi) is 9.12. The Balaban J connectivity index is 1.36. The van der Waals surface area contributed by atoms with E-state index in [1.54, 1.807) is 32.0 Å². The zero-order valence-corrected chi connectivity index (χ0v) is 22.8. The van der Waals surface area contributed by atoms with E-state index in [1.165, 1.54) is 12.3 Å². The zero-order chi connectivity index (χ0) is 28.2. The number of benzene rings is 1. The minimum atomic E-state index is -3.14. The zero-order valence-electron chi connectivity index (χ0n) is 22.8. The molecule has 1 N–H and O–H groups in total. The summed E-state index contributed by atoms with van der Waals surface area (Å²) in [5.41, 5.74) is 0.873. The number of Topliss-reactive ketones (excluding diaryl/α,β-unsaturated/α-hetero) is 1. The lowest BCUT2D eigenvalue weighted by Crippen LogP contribution is -2.46. The third-order valence-electron chi connectivity index (χ3n) is 7.33. The van der Waals surface area contributed by atoms with Gasteiger partial charge in [-0.25, -0.2) is 8.78 Å². The molecule has 2 aliphatic heterocycles. The fraction of sp³-hybridized carbons (Fsp3) is 0.571. The molecule has 9 nitrogen and oxygen atoms in total. The van der Waals surface area contributed by atoms with Gasteiger partial charge in [0.1, 0.15) is 5.75 Å². The molecule has 1 unspecified atom stereocenters. The molecule has 4 rings (SSSR count). The number of carbonyl (C=O) groups excluding carboxylic acids is 3. The van der Waals surface area contributed by atoms with Crippen LogP contribution in [0.5, 0.6) is 5.75 Å². The van der Waals surface area contributed by atoms with Crippen LogP contribution in [0.4, 0.5) is 8.78 Å². The van der Waals surface area contributed by atoms with Crippen molar-refractivity contribution in [2.24, 2.45) is 5.92 Å². The Labute approximate surface area is 227 Å². The highest BCUT2D eigenvalue weighted by molar-refractivity contribution is 6.07. The molecule has 1 aromatic heterocycles. The number of piperazine rings is 1. The van der Waals surface area contributed by atoms with Crippen molar-refractivity contribution < 1.29 is 27.9 Å². The van der Waals surface area contributed by atoms with Gasteiger partial charge in [0.2, 0.25) is 5.91 Å². The Morgan fingerprint density at radius 1 is 1.15 bits per heavy atom. The monoisotopic (exact) mass is 545 g/mol. The lowest BCUT2D eigenvalue weighted by atomic mass is 9.99. The van der Waals surface area contributed by atoms with Crippen LogP contribution in [0.2, 0.25) is 0 Å². The standard InChI is InChI=1S/C28H37F2N5O4/c1-19(2)26(37)24-16-28(29,30)18-35(24)25(36)17-32-27(38)21-7-8-31-23-6-5-20(15-22(21)23)39-14-4-9-34-12-10-33(3)11-13-34/h5-8,15,19,24H,4,9-14,16-18H2,1-3H3,(H,32,38). The van der Waals surface area contributed by atoms with Crippen molar-refractivity contribution in [1.29, 1.82) is 0 Å². The van der Waals surface area contributed by atoms with E-state index >= 15 is 0 Å². The first kappa shape index (κ1) is 28.8. The molecule has 0 radical (unpaired) electrons. The summed E-state index contributed by atoms with van der Waals surface area (Å²) >= 11 is 0. The first-order valence-electron chi connectivity index (χ1n) is 13.5. The molecule has 2 saturated heterocycles. The number of pyridine rings is 1. The van der Waals surface area contributed by atoms with Crippen molar-refractivity contribution in [3.63, 3.8) is 0 Å². The predicted octanol–water partition coefficient (Wildman–Crippen LogP) is 2.44. The summed E-state index contributed by atoms with van der Waals surface area (Å²) in [7, 11) is 2.13. The van der Waals surface area contributed by atoms with Gasteiger partial charge in [-0.15, -0.1) is 0 Å². The van der Waals surface area contributed by atoms with Gasteiger partial charge in [-0.2, -0.15) is 0 Å². The van der Waals surface area contributed by atoms with E-state index in [0.717, 1.165) is 44.0 Å². The summed E-state index contributed by atoms with van der Waals surface area (Å²) in [5, 5.41) is 3.09. The third kappa shape index (κ3) is 7.27. The number of fused-ring (bicyclic) bond motifs is 1. The van der Waals surface area contributed by atoms with E-state index in [9.17, 15) is 23.2 Å². The molecule has 2 amide bonds. The second-order valence-corrected chi connectivity index (χ2v) is 10.7. The van der Waals surface area contributed by atoms with Crippen molar-refractivity contribution in [1.82, 2.24) is 25.0 Å². The van der Waals surface area contributed by atoms with E-state index in [0.29, 0.717) is 23.3 Å². The van der Waals surface area contributed by atoms with Crippen LogP contribution in [-0.2, 0) is 9.59 Å². The van der Waals surface area contributed by atoms with Crippen molar-refractivity contribution in [3.8, 4) is 5.75 Å². The highest BCUT2D eigenvalue weighted by Gasteiger charge is 2.49. The second kappa shape index (κ2) is 12.3. The summed E-state index contributed by atoms with van der Waals surface area (Å²) in [6.07, 6.45) is 1.67. The number of likely N-dealkylation sites (N-methyl/N-ethyl adjacent to an activating group) is 1. The molecule has 212 valence electrons. The number of ketones is 1. The molecule has 1 aromatic carbocycles. The number of alkyl halides is 2. The van der Waals surface area contributed by atoms with Crippen molar-refractivity contribution in [3.05, 3.63) is 36.0 Å². The molecular weight excluding hydrogens is 508 g/mol. The average molecular weight is 546 g/mol. The Morgan fingerprint density at radius 3 is 2.62 bits per heavy atom. The SMILES string of the molecule is CC(C)C(=O)C1CC(F)(F)CN1C(=O)CNC(=O)c1ccnc2ccc(OCCCN3CCN(C)CC3)cc12. The normalized spacial score (nSPS) is 19.9. The molecule has 0 saturated carbocycles. The van der Waals surface area contributed by atoms with Crippen molar-refractivity contribution in [2.75, 3.05) is 59.5 Å². The molecule has 0 spiro atoms. The van der Waals surface area contributed by atoms with E-state index in [-0.39, 0.29) is 5.56 Å². The highest BCUT2D eigenvalue weighted by atomic mass is 19.3. The van der Waals surface area contributed by atoms with Gasteiger partial charge < -0.3 is 24.8 Å². The highest BCUT2D eigenvalue weighted by Crippen LogP contribution is 2.33. The minimum Gasteiger partial charge on any atom is -0.494 e. The molecular formula is C28H37F2N5O4. The number of amides is 2. The van der Waals surface area contributed by atoms with Crippen LogP contribution in [0.15, 0.2) is 30.5 Å². The van der Waals surface area contributed by atoms with Crippen molar-refractivity contribution in [2.45, 2.75) is 38.7 Å². The van der Waals surface area contributed by atoms with Gasteiger partial charge in [-0.3, -0.25) is 19.4 Å². The number of likely N-dealkylation sites (tertiary alicyclic amines) is 1.